The number of aryl methyl sites for hydroxylation is 1. The Bertz CT molecular complexity index is 946. The number of nitrogens with one attached hydrogen (secondary N) is 1. The Morgan fingerprint density at radius 1 is 1.24 bits per heavy atom. The van der Waals surface area contributed by atoms with Gasteiger partial charge in [-0.2, -0.15) is 0 Å². The summed E-state index contributed by atoms with van der Waals surface area (Å²) in [6, 6.07) is 12.0. The summed E-state index contributed by atoms with van der Waals surface area (Å²) in [6.07, 6.45) is 2.39. The number of para-hydroxylation sites is 1. The number of non-ortho nitro benzene ring substituents is 1. The van der Waals surface area contributed by atoms with Gasteiger partial charge in [-0.25, -0.2) is 0 Å². The van der Waals surface area contributed by atoms with Crippen LogP contribution < -0.4 is 5.11 Å². The molecule has 3 aromatic rings. The van der Waals surface area contributed by atoms with Gasteiger partial charge in [-0.1, -0.05) is 37.3 Å². The van der Waals surface area contributed by atoms with Gasteiger partial charge in [0.15, 0.2) is 0 Å². The number of aromatic amines is 1. The highest BCUT2D eigenvalue weighted by Gasteiger charge is 2.21. The molecule has 0 amide bonds. The van der Waals surface area contributed by atoms with Crippen molar-refractivity contribution < 1.29 is 14.8 Å². The van der Waals surface area contributed by atoms with E-state index in [9.17, 15) is 20.0 Å². The Kier molecular flexibility index (Phi) is 4.52. The monoisotopic (exact) mass is 337 g/mol. The maximum atomic E-state index is 11.3. The van der Waals surface area contributed by atoms with Crippen molar-refractivity contribution in [1.29, 1.82) is 0 Å². The summed E-state index contributed by atoms with van der Waals surface area (Å²) < 4.78 is 0. The molecule has 0 spiro atoms. The molecule has 0 unspecified atom stereocenters. The average molecular weight is 337 g/mol. The molecule has 0 fully saturated rings. The molecule has 6 heteroatoms. The molecule has 1 aromatic heterocycles. The van der Waals surface area contributed by atoms with Crippen LogP contribution in [0, 0.1) is 10.1 Å². The van der Waals surface area contributed by atoms with Crippen molar-refractivity contribution in [2.24, 2.45) is 0 Å². The van der Waals surface area contributed by atoms with E-state index < -0.39 is 16.8 Å². The number of nitrogens with zero attached hydrogens (tertiary/aromatic N) is 1. The number of carboxylic acids is 1. The quantitative estimate of drug-likeness (QED) is 0.552. The number of hydrogen-bond donors (Lipinski definition) is 1. The highest BCUT2D eigenvalue weighted by Crippen LogP contribution is 2.35. The number of carboxylic acid groups (broad SMARTS) is 1. The third-order valence-electron chi connectivity index (χ3n) is 4.44. The first-order valence-corrected chi connectivity index (χ1v) is 8.04. The summed E-state index contributed by atoms with van der Waals surface area (Å²) in [5.74, 6) is -1.72. The lowest BCUT2D eigenvalue weighted by Crippen LogP contribution is -2.24. The van der Waals surface area contributed by atoms with Crippen LogP contribution in [0.3, 0.4) is 0 Å². The number of aromatic nitrogens is 1. The van der Waals surface area contributed by atoms with Gasteiger partial charge < -0.3 is 14.9 Å². The lowest BCUT2D eigenvalue weighted by atomic mass is 9.87. The van der Waals surface area contributed by atoms with Gasteiger partial charge in [-0.05, 0) is 29.5 Å². The zero-order valence-corrected chi connectivity index (χ0v) is 13.7. The highest BCUT2D eigenvalue weighted by atomic mass is 16.6. The minimum atomic E-state index is -1.20. The molecule has 0 bridgehead atoms. The molecule has 0 radical (unpaired) electrons. The van der Waals surface area contributed by atoms with Crippen molar-refractivity contribution in [1.82, 2.24) is 4.98 Å². The number of nitro benzene ring substituents is 1. The van der Waals surface area contributed by atoms with E-state index in [2.05, 4.69) is 11.9 Å². The first kappa shape index (κ1) is 16.7. The van der Waals surface area contributed by atoms with Crippen molar-refractivity contribution in [2.75, 3.05) is 0 Å². The minimum absolute atomic E-state index is 0.0602. The number of nitro groups is 1. The van der Waals surface area contributed by atoms with Gasteiger partial charge in [-0.3, -0.25) is 10.1 Å². The van der Waals surface area contributed by atoms with Crippen molar-refractivity contribution in [2.45, 2.75) is 25.7 Å². The van der Waals surface area contributed by atoms with Gasteiger partial charge in [-0.15, -0.1) is 0 Å². The number of rotatable bonds is 6. The third-order valence-corrected chi connectivity index (χ3v) is 4.44. The second-order valence-electron chi connectivity index (χ2n) is 5.92. The molecular weight excluding hydrogens is 320 g/mol. The van der Waals surface area contributed by atoms with Crippen LogP contribution in [-0.2, 0) is 11.2 Å². The smallest absolute Gasteiger partial charge is 0.269 e. The van der Waals surface area contributed by atoms with Crippen LogP contribution in [0.4, 0.5) is 5.69 Å². The molecule has 0 aliphatic rings. The second-order valence-corrected chi connectivity index (χ2v) is 5.92. The number of aliphatic carboxylic acids is 1. The minimum Gasteiger partial charge on any atom is -0.550 e. The summed E-state index contributed by atoms with van der Waals surface area (Å²) >= 11 is 0. The van der Waals surface area contributed by atoms with Crippen LogP contribution in [0.15, 0.2) is 48.7 Å². The van der Waals surface area contributed by atoms with Crippen molar-refractivity contribution >= 4 is 22.6 Å². The average Bonchev–Trinajstić information content (AvgIpc) is 3.03. The number of hydrogen-bond acceptors (Lipinski definition) is 4. The summed E-state index contributed by atoms with van der Waals surface area (Å²) in [6.45, 7) is 2.05. The first-order chi connectivity index (χ1) is 12.0. The van der Waals surface area contributed by atoms with Crippen molar-refractivity contribution in [3.8, 4) is 0 Å². The highest BCUT2D eigenvalue weighted by molar-refractivity contribution is 5.87. The predicted octanol–water partition coefficient (Wildman–Crippen LogP) is 2.91. The molecule has 0 saturated carbocycles. The van der Waals surface area contributed by atoms with E-state index in [-0.39, 0.29) is 12.1 Å². The van der Waals surface area contributed by atoms with Gasteiger partial charge >= 0.3 is 0 Å². The molecule has 1 N–H and O–H groups in total. The molecule has 0 aliphatic heterocycles. The molecule has 0 saturated heterocycles. The number of carbonyl (C=O) groups excluding carboxylic acids is 1. The topological polar surface area (TPSA) is 99.1 Å². The standard InChI is InChI=1S/C19H18N2O4/c1-2-12-5-4-8-15-17(11-20-19(12)15)16(10-18(22)23)13-6-3-7-14(9-13)21(24)25/h3-9,11,16,20H,2,10H2,1H3,(H,22,23)/p-1/t16-/m1/s1. The van der Waals surface area contributed by atoms with E-state index in [1.165, 1.54) is 12.1 Å². The fourth-order valence-electron chi connectivity index (χ4n) is 3.25. The molecule has 128 valence electrons. The molecule has 0 aliphatic carbocycles. The lowest BCUT2D eigenvalue weighted by Gasteiger charge is -2.18. The van der Waals surface area contributed by atoms with E-state index >= 15 is 0 Å². The van der Waals surface area contributed by atoms with E-state index in [4.69, 9.17) is 0 Å². The maximum absolute atomic E-state index is 11.3. The Balaban J connectivity index is 2.16. The van der Waals surface area contributed by atoms with Gasteiger partial charge in [0.25, 0.3) is 5.69 Å². The van der Waals surface area contributed by atoms with E-state index in [0.717, 1.165) is 28.5 Å². The summed E-state index contributed by atoms with van der Waals surface area (Å²) in [4.78, 5) is 25.1. The van der Waals surface area contributed by atoms with Gasteiger partial charge in [0, 0.05) is 41.1 Å². The molecule has 25 heavy (non-hydrogen) atoms. The van der Waals surface area contributed by atoms with Gasteiger partial charge in [0.05, 0.1) is 4.92 Å². The Morgan fingerprint density at radius 2 is 2.00 bits per heavy atom. The summed E-state index contributed by atoms with van der Waals surface area (Å²) in [5, 5.41) is 23.3. The molecular formula is C19H17N2O4-. The molecule has 1 heterocycles. The van der Waals surface area contributed by atoms with E-state index in [0.29, 0.717) is 5.56 Å². The van der Waals surface area contributed by atoms with Gasteiger partial charge in [0.1, 0.15) is 0 Å². The van der Waals surface area contributed by atoms with Crippen molar-refractivity contribution in [3.05, 3.63) is 75.5 Å². The van der Waals surface area contributed by atoms with Crippen LogP contribution in [0.5, 0.6) is 0 Å². The zero-order valence-electron chi connectivity index (χ0n) is 13.7. The van der Waals surface area contributed by atoms with E-state index in [1.54, 1.807) is 18.3 Å². The van der Waals surface area contributed by atoms with Crippen LogP contribution in [-0.4, -0.2) is 15.9 Å². The number of benzene rings is 2. The normalized spacial score (nSPS) is 12.2. The molecule has 2 aromatic carbocycles. The Morgan fingerprint density at radius 3 is 2.68 bits per heavy atom. The SMILES string of the molecule is CCc1cccc2c([C@H](CC(=O)[O-])c3cccc([N+](=O)[O-])c3)c[nH]c12. The Hall–Kier alpha value is -3.15. The lowest BCUT2D eigenvalue weighted by molar-refractivity contribution is -0.384. The molecule has 6 nitrogen and oxygen atoms in total. The second kappa shape index (κ2) is 6.76. The molecule has 1 atom stereocenters. The van der Waals surface area contributed by atoms with E-state index in [1.807, 2.05) is 18.2 Å². The van der Waals surface area contributed by atoms with Crippen molar-refractivity contribution in [3.63, 3.8) is 0 Å². The number of H-pyrrole nitrogens is 1. The number of carbonyl (C=O) groups is 1. The van der Waals surface area contributed by atoms with Gasteiger partial charge in [0.2, 0.25) is 0 Å². The van der Waals surface area contributed by atoms with Crippen LogP contribution >= 0.6 is 0 Å². The third kappa shape index (κ3) is 3.24. The predicted molar refractivity (Wildman–Crippen MR) is 92.2 cm³/mol. The Labute approximate surface area is 144 Å². The van der Waals surface area contributed by atoms with Crippen LogP contribution in [0.1, 0.15) is 36.0 Å². The summed E-state index contributed by atoms with van der Waals surface area (Å²) in [5.41, 5.74) is 3.43. The first-order valence-electron chi connectivity index (χ1n) is 8.04. The molecule has 3 rings (SSSR count). The number of fused-ring (bicyclic) bond motifs is 1. The summed E-state index contributed by atoms with van der Waals surface area (Å²) in [7, 11) is 0. The van der Waals surface area contributed by atoms with Crippen LogP contribution in [0.25, 0.3) is 10.9 Å². The zero-order chi connectivity index (χ0) is 18.0. The van der Waals surface area contributed by atoms with Crippen LogP contribution in [0.2, 0.25) is 0 Å². The largest absolute Gasteiger partial charge is 0.550 e. The maximum Gasteiger partial charge on any atom is 0.269 e. The fourth-order valence-corrected chi connectivity index (χ4v) is 3.25. The fraction of sp³-hybridized carbons (Fsp3) is 0.211.